The van der Waals surface area contributed by atoms with Crippen LogP contribution in [0.3, 0.4) is 0 Å². The topological polar surface area (TPSA) is 96.7 Å². The number of amides is 1. The van der Waals surface area contributed by atoms with E-state index >= 15 is 0 Å². The number of aromatic amines is 1. The fraction of sp³-hybridized carbons (Fsp3) is 0.250. The summed E-state index contributed by atoms with van der Waals surface area (Å²) in [4.78, 5) is 21.8. The van der Waals surface area contributed by atoms with Crippen molar-refractivity contribution in [3.8, 4) is 0 Å². The molecular formula is C8H9N5O2. The molecule has 0 aliphatic heterocycles. The number of hydrogen-bond acceptors (Lipinski definition) is 5. The summed E-state index contributed by atoms with van der Waals surface area (Å²) in [6.45, 7) is 1.92. The molecule has 2 aromatic heterocycles. The van der Waals surface area contributed by atoms with Crippen LogP contribution in [0.25, 0.3) is 0 Å². The minimum atomic E-state index is -0.255. The van der Waals surface area contributed by atoms with Gasteiger partial charge in [-0.15, -0.1) is 0 Å². The molecule has 0 saturated carbocycles. The second kappa shape index (κ2) is 3.91. The van der Waals surface area contributed by atoms with Crippen LogP contribution in [0, 0.1) is 6.92 Å². The maximum atomic E-state index is 11.4. The number of imidazole rings is 1. The Morgan fingerprint density at radius 1 is 1.67 bits per heavy atom. The molecular weight excluding hydrogens is 198 g/mol. The summed E-state index contributed by atoms with van der Waals surface area (Å²) in [5, 5.41) is 6.26. The van der Waals surface area contributed by atoms with Gasteiger partial charge in [0.2, 0.25) is 5.89 Å². The zero-order chi connectivity index (χ0) is 10.7. The second-order valence-electron chi connectivity index (χ2n) is 2.88. The Kier molecular flexibility index (Phi) is 2.44. The van der Waals surface area contributed by atoms with Crippen molar-refractivity contribution in [3.63, 3.8) is 0 Å². The summed E-state index contributed by atoms with van der Waals surface area (Å²) < 4.78 is 4.75. The first-order valence-corrected chi connectivity index (χ1v) is 4.31. The SMILES string of the molecule is Cc1nc(CNC(=O)c2cnc[nH]2)no1. The van der Waals surface area contributed by atoms with E-state index in [1.165, 1.54) is 12.5 Å². The van der Waals surface area contributed by atoms with E-state index < -0.39 is 0 Å². The molecule has 0 radical (unpaired) electrons. The Morgan fingerprint density at radius 3 is 3.13 bits per heavy atom. The van der Waals surface area contributed by atoms with E-state index in [0.29, 0.717) is 17.4 Å². The summed E-state index contributed by atoms with van der Waals surface area (Å²) in [5.74, 6) is 0.663. The predicted molar refractivity (Wildman–Crippen MR) is 48.8 cm³/mol. The first-order chi connectivity index (χ1) is 7.25. The van der Waals surface area contributed by atoms with E-state index in [9.17, 15) is 4.79 Å². The molecule has 0 aromatic carbocycles. The van der Waals surface area contributed by atoms with Crippen molar-refractivity contribution in [2.75, 3.05) is 0 Å². The minimum absolute atomic E-state index is 0.231. The highest BCUT2D eigenvalue weighted by molar-refractivity contribution is 5.91. The van der Waals surface area contributed by atoms with Gasteiger partial charge in [-0.2, -0.15) is 4.98 Å². The van der Waals surface area contributed by atoms with Gasteiger partial charge >= 0.3 is 0 Å². The Hall–Kier alpha value is -2.18. The zero-order valence-corrected chi connectivity index (χ0v) is 8.02. The van der Waals surface area contributed by atoms with E-state index in [-0.39, 0.29) is 12.5 Å². The lowest BCUT2D eigenvalue weighted by atomic mass is 10.4. The Labute approximate surface area is 84.9 Å². The van der Waals surface area contributed by atoms with Gasteiger partial charge in [0.1, 0.15) is 5.69 Å². The average molecular weight is 207 g/mol. The number of nitrogens with zero attached hydrogens (tertiary/aromatic N) is 3. The fourth-order valence-corrected chi connectivity index (χ4v) is 1.05. The highest BCUT2D eigenvalue weighted by Gasteiger charge is 2.08. The highest BCUT2D eigenvalue weighted by Crippen LogP contribution is 1.95. The Balaban J connectivity index is 1.91. The molecule has 0 atom stereocenters. The molecule has 0 spiro atoms. The van der Waals surface area contributed by atoms with Crippen LogP contribution in [0.2, 0.25) is 0 Å². The van der Waals surface area contributed by atoms with Crippen molar-refractivity contribution in [1.29, 1.82) is 0 Å². The van der Waals surface area contributed by atoms with Crippen LogP contribution in [0.1, 0.15) is 22.2 Å². The van der Waals surface area contributed by atoms with Crippen LogP contribution < -0.4 is 5.32 Å². The van der Waals surface area contributed by atoms with Crippen LogP contribution in [0.5, 0.6) is 0 Å². The minimum Gasteiger partial charge on any atom is -0.343 e. The van der Waals surface area contributed by atoms with Gasteiger partial charge in [0.05, 0.1) is 19.1 Å². The number of aromatic nitrogens is 4. The van der Waals surface area contributed by atoms with E-state index in [4.69, 9.17) is 4.52 Å². The zero-order valence-electron chi connectivity index (χ0n) is 8.02. The molecule has 2 aromatic rings. The van der Waals surface area contributed by atoms with Gasteiger partial charge < -0.3 is 14.8 Å². The van der Waals surface area contributed by atoms with E-state index in [2.05, 4.69) is 25.4 Å². The number of nitrogens with one attached hydrogen (secondary N) is 2. The quantitative estimate of drug-likeness (QED) is 0.740. The lowest BCUT2D eigenvalue weighted by molar-refractivity contribution is 0.0945. The first-order valence-electron chi connectivity index (χ1n) is 4.31. The summed E-state index contributed by atoms with van der Waals surface area (Å²) in [6.07, 6.45) is 2.88. The van der Waals surface area contributed by atoms with Gasteiger partial charge in [-0.25, -0.2) is 4.98 Å². The number of rotatable bonds is 3. The van der Waals surface area contributed by atoms with Gasteiger partial charge in [-0.05, 0) is 0 Å². The molecule has 0 saturated heterocycles. The van der Waals surface area contributed by atoms with Gasteiger partial charge in [0.15, 0.2) is 5.82 Å². The standard InChI is InChI=1S/C8H9N5O2/c1-5-12-7(13-15-5)3-10-8(14)6-2-9-4-11-6/h2,4H,3H2,1H3,(H,9,11)(H,10,14). The maximum Gasteiger partial charge on any atom is 0.269 e. The van der Waals surface area contributed by atoms with Crippen LogP contribution in [0.4, 0.5) is 0 Å². The molecule has 7 heteroatoms. The lowest BCUT2D eigenvalue weighted by Crippen LogP contribution is -2.23. The molecule has 2 N–H and O–H groups in total. The number of aryl methyl sites for hydroxylation is 1. The Morgan fingerprint density at radius 2 is 2.53 bits per heavy atom. The van der Waals surface area contributed by atoms with Gasteiger partial charge in [0, 0.05) is 6.92 Å². The van der Waals surface area contributed by atoms with E-state index in [0.717, 1.165) is 0 Å². The van der Waals surface area contributed by atoms with Crippen LogP contribution in [-0.4, -0.2) is 26.0 Å². The summed E-state index contributed by atoms with van der Waals surface area (Å²) in [6, 6.07) is 0. The summed E-state index contributed by atoms with van der Waals surface area (Å²) in [7, 11) is 0. The molecule has 0 fully saturated rings. The van der Waals surface area contributed by atoms with Crippen molar-refractivity contribution >= 4 is 5.91 Å². The van der Waals surface area contributed by atoms with Crippen molar-refractivity contribution < 1.29 is 9.32 Å². The van der Waals surface area contributed by atoms with Crippen LogP contribution in [-0.2, 0) is 6.54 Å². The van der Waals surface area contributed by atoms with Crippen molar-refractivity contribution in [3.05, 3.63) is 29.9 Å². The number of carbonyl (C=O) groups is 1. The third kappa shape index (κ3) is 2.19. The largest absolute Gasteiger partial charge is 0.343 e. The smallest absolute Gasteiger partial charge is 0.269 e. The van der Waals surface area contributed by atoms with Gasteiger partial charge in [-0.1, -0.05) is 5.16 Å². The molecule has 0 bridgehead atoms. The molecule has 0 aliphatic rings. The van der Waals surface area contributed by atoms with Crippen LogP contribution >= 0.6 is 0 Å². The second-order valence-corrected chi connectivity index (χ2v) is 2.88. The number of H-pyrrole nitrogens is 1. The predicted octanol–water partition coefficient (Wildman–Crippen LogP) is 0.0311. The van der Waals surface area contributed by atoms with Crippen molar-refractivity contribution in [1.82, 2.24) is 25.4 Å². The normalized spacial score (nSPS) is 10.2. The maximum absolute atomic E-state index is 11.4. The molecule has 2 heterocycles. The van der Waals surface area contributed by atoms with E-state index in [1.54, 1.807) is 6.92 Å². The van der Waals surface area contributed by atoms with Gasteiger partial charge in [0.25, 0.3) is 5.91 Å². The summed E-state index contributed by atoms with van der Waals surface area (Å²) >= 11 is 0. The van der Waals surface area contributed by atoms with Gasteiger partial charge in [-0.3, -0.25) is 4.79 Å². The molecule has 1 amide bonds. The summed E-state index contributed by atoms with van der Waals surface area (Å²) in [5.41, 5.74) is 0.398. The fourth-order valence-electron chi connectivity index (χ4n) is 1.05. The molecule has 7 nitrogen and oxygen atoms in total. The first kappa shape index (κ1) is 9.38. The van der Waals surface area contributed by atoms with Crippen molar-refractivity contribution in [2.45, 2.75) is 13.5 Å². The third-order valence-electron chi connectivity index (χ3n) is 1.72. The third-order valence-corrected chi connectivity index (χ3v) is 1.72. The number of carbonyl (C=O) groups excluding carboxylic acids is 1. The van der Waals surface area contributed by atoms with E-state index in [1.807, 2.05) is 0 Å². The Bertz CT molecular complexity index is 447. The molecule has 0 unspecified atom stereocenters. The highest BCUT2D eigenvalue weighted by atomic mass is 16.5. The molecule has 0 aliphatic carbocycles. The molecule has 15 heavy (non-hydrogen) atoms. The monoisotopic (exact) mass is 207 g/mol. The lowest BCUT2D eigenvalue weighted by Gasteiger charge is -1.98. The van der Waals surface area contributed by atoms with Crippen molar-refractivity contribution in [2.24, 2.45) is 0 Å². The molecule has 2 rings (SSSR count). The average Bonchev–Trinajstić information content (AvgIpc) is 2.84. The molecule has 78 valence electrons. The number of hydrogen-bond donors (Lipinski definition) is 2. The van der Waals surface area contributed by atoms with Crippen LogP contribution in [0.15, 0.2) is 17.0 Å².